The molecule has 0 aromatic heterocycles. The minimum atomic E-state index is -0.582. The molecule has 0 aliphatic rings. The minimum Gasteiger partial charge on any atom is -0.468 e. The smallest absolute Gasteiger partial charge is 0.310 e. The van der Waals surface area contributed by atoms with E-state index in [1.54, 1.807) is 19.1 Å². The highest BCUT2D eigenvalue weighted by Gasteiger charge is 2.14. The van der Waals surface area contributed by atoms with Gasteiger partial charge in [-0.1, -0.05) is 23.7 Å². The van der Waals surface area contributed by atoms with Gasteiger partial charge in [-0.05, 0) is 13.0 Å². The molecular formula is C8H8ClNO3. The number of para-hydroxylation sites is 2. The molecule has 5 heteroatoms. The van der Waals surface area contributed by atoms with Gasteiger partial charge in [-0.3, -0.25) is 10.1 Å². The average molecular weight is 202 g/mol. The Balaban J connectivity index is 2.98. The van der Waals surface area contributed by atoms with Gasteiger partial charge >= 0.3 is 5.69 Å². The molecule has 0 heterocycles. The third-order valence-electron chi connectivity index (χ3n) is 1.35. The number of nitrogens with zero attached hydrogens (tertiary/aromatic N) is 1. The number of nitro groups is 1. The van der Waals surface area contributed by atoms with Crippen LogP contribution in [0.1, 0.15) is 6.92 Å². The number of hydrogen-bond donors (Lipinski definition) is 0. The quantitative estimate of drug-likeness (QED) is 0.429. The average Bonchev–Trinajstić information content (AvgIpc) is 2.03. The van der Waals surface area contributed by atoms with Gasteiger partial charge in [0.15, 0.2) is 11.3 Å². The summed E-state index contributed by atoms with van der Waals surface area (Å²) in [4.78, 5) is 9.98. The van der Waals surface area contributed by atoms with E-state index >= 15 is 0 Å². The van der Waals surface area contributed by atoms with E-state index in [-0.39, 0.29) is 11.4 Å². The van der Waals surface area contributed by atoms with Crippen molar-refractivity contribution < 1.29 is 9.66 Å². The van der Waals surface area contributed by atoms with E-state index in [1.165, 1.54) is 12.1 Å². The highest BCUT2D eigenvalue weighted by Crippen LogP contribution is 2.27. The first kappa shape index (κ1) is 9.80. The van der Waals surface area contributed by atoms with E-state index in [0.29, 0.717) is 0 Å². The molecule has 4 nitrogen and oxygen atoms in total. The van der Waals surface area contributed by atoms with Gasteiger partial charge < -0.3 is 4.74 Å². The molecule has 0 saturated carbocycles. The summed E-state index contributed by atoms with van der Waals surface area (Å²) in [6.07, 6.45) is 0. The molecule has 0 aliphatic heterocycles. The highest BCUT2D eigenvalue weighted by atomic mass is 35.5. The summed E-state index contributed by atoms with van der Waals surface area (Å²) in [5.74, 6) is 0.190. The lowest BCUT2D eigenvalue weighted by Crippen LogP contribution is -2.04. The van der Waals surface area contributed by atoms with Crippen molar-refractivity contribution in [1.29, 1.82) is 0 Å². The van der Waals surface area contributed by atoms with Gasteiger partial charge in [0.1, 0.15) is 0 Å². The molecule has 0 radical (unpaired) electrons. The van der Waals surface area contributed by atoms with Crippen LogP contribution in [-0.2, 0) is 0 Å². The van der Waals surface area contributed by atoms with Crippen molar-refractivity contribution in [2.45, 2.75) is 12.5 Å². The predicted molar refractivity (Wildman–Crippen MR) is 49.0 cm³/mol. The number of ether oxygens (including phenoxy) is 1. The largest absolute Gasteiger partial charge is 0.468 e. The third-order valence-corrected chi connectivity index (χ3v) is 1.44. The Kier molecular flexibility index (Phi) is 3.08. The molecule has 70 valence electrons. The fourth-order valence-corrected chi connectivity index (χ4v) is 0.979. The van der Waals surface area contributed by atoms with E-state index < -0.39 is 10.5 Å². The summed E-state index contributed by atoms with van der Waals surface area (Å²) in [7, 11) is 0. The molecule has 1 unspecified atom stereocenters. The normalized spacial score (nSPS) is 12.2. The number of halogens is 1. The molecule has 0 spiro atoms. The van der Waals surface area contributed by atoms with Crippen molar-refractivity contribution in [3.63, 3.8) is 0 Å². The lowest BCUT2D eigenvalue weighted by molar-refractivity contribution is -0.385. The zero-order valence-corrected chi connectivity index (χ0v) is 7.69. The highest BCUT2D eigenvalue weighted by molar-refractivity contribution is 6.19. The van der Waals surface area contributed by atoms with Crippen LogP contribution in [0, 0.1) is 10.1 Å². The zero-order chi connectivity index (χ0) is 9.84. The molecule has 1 rings (SSSR count). The zero-order valence-electron chi connectivity index (χ0n) is 6.94. The minimum absolute atomic E-state index is 0.0741. The van der Waals surface area contributed by atoms with Crippen LogP contribution in [0.25, 0.3) is 0 Å². The molecule has 0 bridgehead atoms. The molecule has 13 heavy (non-hydrogen) atoms. The first-order valence-corrected chi connectivity index (χ1v) is 4.09. The van der Waals surface area contributed by atoms with Crippen LogP contribution in [0.3, 0.4) is 0 Å². The molecule has 0 amide bonds. The van der Waals surface area contributed by atoms with Crippen LogP contribution in [0.5, 0.6) is 5.75 Å². The van der Waals surface area contributed by atoms with Crippen molar-refractivity contribution in [2.24, 2.45) is 0 Å². The Morgan fingerprint density at radius 1 is 1.54 bits per heavy atom. The van der Waals surface area contributed by atoms with Crippen LogP contribution < -0.4 is 4.74 Å². The van der Waals surface area contributed by atoms with Gasteiger partial charge in [0, 0.05) is 6.07 Å². The lowest BCUT2D eigenvalue weighted by Gasteiger charge is -2.07. The number of benzene rings is 1. The second-order valence-electron chi connectivity index (χ2n) is 2.39. The van der Waals surface area contributed by atoms with E-state index in [2.05, 4.69) is 0 Å². The molecular weight excluding hydrogens is 194 g/mol. The summed E-state index contributed by atoms with van der Waals surface area (Å²) in [5, 5.41) is 10.5. The Hall–Kier alpha value is -1.29. The number of nitro benzene ring substituents is 1. The second kappa shape index (κ2) is 4.09. The fourth-order valence-electron chi connectivity index (χ4n) is 0.883. The standard InChI is InChI=1S/C8H8ClNO3/c1-6(9)13-8-5-3-2-4-7(8)10(11)12/h2-6H,1H3. The van der Waals surface area contributed by atoms with Gasteiger partial charge in [0.05, 0.1) is 4.92 Å². The second-order valence-corrected chi connectivity index (χ2v) is 3.00. The van der Waals surface area contributed by atoms with E-state index in [4.69, 9.17) is 16.3 Å². The predicted octanol–water partition coefficient (Wildman–Crippen LogP) is 2.56. The number of hydrogen-bond acceptors (Lipinski definition) is 3. The Bertz CT molecular complexity index is 314. The van der Waals surface area contributed by atoms with Crippen LogP contribution in [0.2, 0.25) is 0 Å². The van der Waals surface area contributed by atoms with E-state index in [1.807, 2.05) is 0 Å². The summed E-state index contributed by atoms with van der Waals surface area (Å²) in [6.45, 7) is 1.60. The summed E-state index contributed by atoms with van der Waals surface area (Å²) in [5.41, 5.74) is -0.656. The topological polar surface area (TPSA) is 52.4 Å². The Morgan fingerprint density at radius 3 is 2.69 bits per heavy atom. The van der Waals surface area contributed by atoms with E-state index in [0.717, 1.165) is 0 Å². The van der Waals surface area contributed by atoms with Crippen molar-refractivity contribution >= 4 is 17.3 Å². The van der Waals surface area contributed by atoms with Gasteiger partial charge in [-0.2, -0.15) is 0 Å². The monoisotopic (exact) mass is 201 g/mol. The SMILES string of the molecule is CC(Cl)Oc1ccccc1[N+](=O)[O-]. The number of alkyl halides is 1. The van der Waals surface area contributed by atoms with Gasteiger partial charge in [-0.15, -0.1) is 0 Å². The lowest BCUT2D eigenvalue weighted by atomic mass is 10.3. The summed E-state index contributed by atoms with van der Waals surface area (Å²) >= 11 is 5.54. The van der Waals surface area contributed by atoms with Crippen LogP contribution in [-0.4, -0.2) is 10.5 Å². The Labute approximate surface area is 80.2 Å². The first-order chi connectivity index (χ1) is 6.11. The molecule has 1 atom stereocenters. The molecule has 0 N–H and O–H groups in total. The maximum absolute atomic E-state index is 10.5. The van der Waals surface area contributed by atoms with Gasteiger partial charge in [-0.25, -0.2) is 0 Å². The molecule has 1 aromatic rings. The van der Waals surface area contributed by atoms with E-state index in [9.17, 15) is 10.1 Å². The van der Waals surface area contributed by atoms with Crippen molar-refractivity contribution in [2.75, 3.05) is 0 Å². The third kappa shape index (κ3) is 2.59. The van der Waals surface area contributed by atoms with Gasteiger partial charge in [0.25, 0.3) is 0 Å². The maximum atomic E-state index is 10.5. The Morgan fingerprint density at radius 2 is 2.15 bits per heavy atom. The molecule has 0 saturated heterocycles. The van der Waals surface area contributed by atoms with Crippen molar-refractivity contribution in [1.82, 2.24) is 0 Å². The van der Waals surface area contributed by atoms with Gasteiger partial charge in [0.2, 0.25) is 0 Å². The van der Waals surface area contributed by atoms with Crippen molar-refractivity contribution in [3.05, 3.63) is 34.4 Å². The first-order valence-electron chi connectivity index (χ1n) is 3.65. The van der Waals surface area contributed by atoms with Crippen LogP contribution >= 0.6 is 11.6 Å². The summed E-state index contributed by atoms with van der Waals surface area (Å²) < 4.78 is 5.03. The van der Waals surface area contributed by atoms with Crippen LogP contribution in [0.4, 0.5) is 5.69 Å². The van der Waals surface area contributed by atoms with Crippen molar-refractivity contribution in [3.8, 4) is 5.75 Å². The number of rotatable bonds is 3. The molecule has 0 aliphatic carbocycles. The summed E-state index contributed by atoms with van der Waals surface area (Å²) in [6, 6.07) is 6.11. The molecule has 0 fully saturated rings. The van der Waals surface area contributed by atoms with Crippen LogP contribution in [0.15, 0.2) is 24.3 Å². The fraction of sp³-hybridized carbons (Fsp3) is 0.250. The molecule has 1 aromatic carbocycles. The maximum Gasteiger partial charge on any atom is 0.310 e.